The molecule has 0 spiro atoms. The van der Waals surface area contributed by atoms with E-state index in [2.05, 4.69) is 0 Å². The maximum Gasteiger partial charge on any atom is 0.315 e. The van der Waals surface area contributed by atoms with E-state index in [4.69, 9.17) is 27.9 Å². The SMILES string of the molecule is CC1(C)[C@H](C=C(Cl)Cl)[C@H]1C(=O)Oc1ccc(C=O)cc1. The molecule has 0 saturated heterocycles. The average molecular weight is 313 g/mol. The summed E-state index contributed by atoms with van der Waals surface area (Å²) in [5, 5.41) is 0. The first kappa shape index (κ1) is 15.1. The van der Waals surface area contributed by atoms with E-state index in [1.54, 1.807) is 30.3 Å². The molecule has 0 unspecified atom stereocenters. The minimum absolute atomic E-state index is 0.0192. The largest absolute Gasteiger partial charge is 0.426 e. The zero-order valence-corrected chi connectivity index (χ0v) is 12.6. The Hall–Kier alpha value is -1.32. The Morgan fingerprint density at radius 3 is 2.35 bits per heavy atom. The molecule has 1 aliphatic carbocycles. The van der Waals surface area contributed by atoms with Gasteiger partial charge in [-0.05, 0) is 41.7 Å². The molecular formula is C15H14Cl2O3. The van der Waals surface area contributed by atoms with E-state index in [1.165, 1.54) is 0 Å². The average Bonchev–Trinajstić information content (AvgIpc) is 2.91. The maximum absolute atomic E-state index is 12.1. The van der Waals surface area contributed by atoms with Crippen LogP contribution in [0.15, 0.2) is 34.8 Å². The Kier molecular flexibility index (Phi) is 4.21. The number of esters is 1. The fourth-order valence-corrected chi connectivity index (χ4v) is 2.64. The summed E-state index contributed by atoms with van der Waals surface area (Å²) in [6.07, 6.45) is 2.41. The lowest BCUT2D eigenvalue weighted by Crippen LogP contribution is -2.13. The molecule has 2 atom stereocenters. The second-order valence-corrected chi connectivity index (χ2v) is 6.40. The van der Waals surface area contributed by atoms with Crippen molar-refractivity contribution in [3.8, 4) is 5.75 Å². The number of halogens is 2. The van der Waals surface area contributed by atoms with Gasteiger partial charge in [-0.2, -0.15) is 0 Å². The van der Waals surface area contributed by atoms with Crippen LogP contribution in [0.1, 0.15) is 24.2 Å². The zero-order valence-electron chi connectivity index (χ0n) is 11.1. The van der Waals surface area contributed by atoms with Crippen LogP contribution < -0.4 is 4.74 Å². The van der Waals surface area contributed by atoms with Crippen LogP contribution in [-0.4, -0.2) is 12.3 Å². The normalized spacial score (nSPS) is 22.8. The number of benzene rings is 1. The quantitative estimate of drug-likeness (QED) is 0.479. The Balaban J connectivity index is 2.05. The number of hydrogen-bond donors (Lipinski definition) is 0. The maximum atomic E-state index is 12.1. The highest BCUT2D eigenvalue weighted by molar-refractivity contribution is 6.55. The van der Waals surface area contributed by atoms with Crippen LogP contribution in [0.5, 0.6) is 5.75 Å². The number of hydrogen-bond acceptors (Lipinski definition) is 3. The summed E-state index contributed by atoms with van der Waals surface area (Å²) in [6, 6.07) is 6.38. The molecule has 0 N–H and O–H groups in total. The summed E-state index contributed by atoms with van der Waals surface area (Å²) in [5.41, 5.74) is 0.320. The van der Waals surface area contributed by atoms with Crippen molar-refractivity contribution < 1.29 is 14.3 Å². The smallest absolute Gasteiger partial charge is 0.315 e. The second kappa shape index (κ2) is 5.58. The number of rotatable bonds is 4. The minimum atomic E-state index is -0.315. The van der Waals surface area contributed by atoms with Crippen molar-refractivity contribution in [1.29, 1.82) is 0 Å². The highest BCUT2D eigenvalue weighted by Crippen LogP contribution is 2.60. The number of ether oxygens (including phenoxy) is 1. The molecule has 0 radical (unpaired) electrons. The van der Waals surface area contributed by atoms with Crippen molar-refractivity contribution >= 4 is 35.5 Å². The van der Waals surface area contributed by atoms with Crippen molar-refractivity contribution in [3.05, 3.63) is 40.4 Å². The molecular weight excluding hydrogens is 299 g/mol. The molecule has 0 bridgehead atoms. The van der Waals surface area contributed by atoms with Crippen LogP contribution >= 0.6 is 23.2 Å². The molecule has 2 rings (SSSR count). The van der Waals surface area contributed by atoms with Crippen LogP contribution in [-0.2, 0) is 4.79 Å². The number of aldehydes is 1. The van der Waals surface area contributed by atoms with Crippen LogP contribution in [0.25, 0.3) is 0 Å². The van der Waals surface area contributed by atoms with Gasteiger partial charge in [0, 0.05) is 5.56 Å². The molecule has 5 heteroatoms. The Bertz CT molecular complexity index is 557. The number of allylic oxidation sites excluding steroid dienone is 1. The van der Waals surface area contributed by atoms with Crippen LogP contribution in [0.2, 0.25) is 0 Å². The van der Waals surface area contributed by atoms with E-state index in [1.807, 2.05) is 13.8 Å². The van der Waals surface area contributed by atoms with Crippen molar-refractivity contribution in [2.75, 3.05) is 0 Å². The standard InChI is InChI=1S/C15H14Cl2O3/c1-15(2)11(7-12(16)17)13(15)14(19)20-10-5-3-9(8-18)4-6-10/h3-8,11,13H,1-2H3/t11-,13+/m1/s1. The molecule has 1 aliphatic rings. The molecule has 1 aromatic rings. The highest BCUT2D eigenvalue weighted by atomic mass is 35.5. The van der Waals surface area contributed by atoms with E-state index in [0.29, 0.717) is 11.3 Å². The fraction of sp³-hybridized carbons (Fsp3) is 0.333. The Morgan fingerprint density at radius 1 is 1.25 bits per heavy atom. The van der Waals surface area contributed by atoms with Crippen LogP contribution in [0.4, 0.5) is 0 Å². The fourth-order valence-electron chi connectivity index (χ4n) is 2.37. The Morgan fingerprint density at radius 2 is 1.85 bits per heavy atom. The molecule has 1 fully saturated rings. The molecule has 1 saturated carbocycles. The molecule has 3 nitrogen and oxygen atoms in total. The topological polar surface area (TPSA) is 43.4 Å². The lowest BCUT2D eigenvalue weighted by atomic mass is 10.1. The summed E-state index contributed by atoms with van der Waals surface area (Å²) in [4.78, 5) is 22.7. The first-order chi connectivity index (χ1) is 9.36. The van der Waals surface area contributed by atoms with Crippen molar-refractivity contribution in [2.24, 2.45) is 17.3 Å². The first-order valence-corrected chi connectivity index (χ1v) is 6.91. The summed E-state index contributed by atoms with van der Waals surface area (Å²) in [5.74, 6) is -0.178. The second-order valence-electron chi connectivity index (χ2n) is 5.39. The number of carbonyl (C=O) groups excluding carboxylic acids is 2. The van der Waals surface area contributed by atoms with Gasteiger partial charge in [0.25, 0.3) is 0 Å². The summed E-state index contributed by atoms with van der Waals surface area (Å²) in [7, 11) is 0. The van der Waals surface area contributed by atoms with Gasteiger partial charge in [0.15, 0.2) is 0 Å². The van der Waals surface area contributed by atoms with E-state index in [-0.39, 0.29) is 27.7 Å². The lowest BCUT2D eigenvalue weighted by Gasteiger charge is -2.05. The van der Waals surface area contributed by atoms with E-state index in [0.717, 1.165) is 6.29 Å². The van der Waals surface area contributed by atoms with Gasteiger partial charge in [0.2, 0.25) is 0 Å². The van der Waals surface area contributed by atoms with Gasteiger partial charge in [0.1, 0.15) is 16.5 Å². The van der Waals surface area contributed by atoms with Gasteiger partial charge in [-0.1, -0.05) is 37.0 Å². The van der Waals surface area contributed by atoms with Crippen molar-refractivity contribution in [1.82, 2.24) is 0 Å². The molecule has 1 aromatic carbocycles. The molecule has 0 amide bonds. The summed E-state index contributed by atoms with van der Waals surface area (Å²) in [6.45, 7) is 3.93. The predicted octanol–water partition coefficient (Wildman–Crippen LogP) is 4.00. The van der Waals surface area contributed by atoms with Gasteiger partial charge >= 0.3 is 5.97 Å². The van der Waals surface area contributed by atoms with Crippen molar-refractivity contribution in [2.45, 2.75) is 13.8 Å². The van der Waals surface area contributed by atoms with Gasteiger partial charge in [0.05, 0.1) is 5.92 Å². The summed E-state index contributed by atoms with van der Waals surface area (Å²) >= 11 is 11.3. The molecule has 0 heterocycles. The van der Waals surface area contributed by atoms with Crippen LogP contribution in [0.3, 0.4) is 0 Å². The minimum Gasteiger partial charge on any atom is -0.426 e. The Labute approximate surface area is 127 Å². The van der Waals surface area contributed by atoms with E-state index >= 15 is 0 Å². The monoisotopic (exact) mass is 312 g/mol. The molecule has 0 aliphatic heterocycles. The summed E-state index contributed by atoms with van der Waals surface area (Å²) < 4.78 is 5.48. The third kappa shape index (κ3) is 3.05. The van der Waals surface area contributed by atoms with Crippen molar-refractivity contribution in [3.63, 3.8) is 0 Å². The first-order valence-electron chi connectivity index (χ1n) is 6.16. The van der Waals surface area contributed by atoms with E-state index in [9.17, 15) is 9.59 Å². The zero-order chi connectivity index (χ0) is 14.9. The lowest BCUT2D eigenvalue weighted by molar-refractivity contribution is -0.136. The van der Waals surface area contributed by atoms with E-state index < -0.39 is 0 Å². The third-order valence-electron chi connectivity index (χ3n) is 3.70. The van der Waals surface area contributed by atoms with Gasteiger partial charge < -0.3 is 4.74 Å². The predicted molar refractivity (Wildman–Crippen MR) is 78.0 cm³/mol. The molecule has 20 heavy (non-hydrogen) atoms. The highest BCUT2D eigenvalue weighted by Gasteiger charge is 2.61. The van der Waals surface area contributed by atoms with Gasteiger partial charge in [-0.25, -0.2) is 0 Å². The molecule has 0 aromatic heterocycles. The van der Waals surface area contributed by atoms with Gasteiger partial charge in [-0.3, -0.25) is 9.59 Å². The van der Waals surface area contributed by atoms with Crippen LogP contribution in [0, 0.1) is 17.3 Å². The number of carbonyl (C=O) groups is 2. The third-order valence-corrected chi connectivity index (χ3v) is 3.96. The molecule has 106 valence electrons. The van der Waals surface area contributed by atoms with Gasteiger partial charge in [-0.15, -0.1) is 0 Å².